The highest BCUT2D eigenvalue weighted by atomic mass is 79.9. The number of amides is 1. The van der Waals surface area contributed by atoms with E-state index in [2.05, 4.69) is 22.9 Å². The fourth-order valence-electron chi connectivity index (χ4n) is 1.97. The summed E-state index contributed by atoms with van der Waals surface area (Å²) in [6.07, 6.45) is 1.91. The number of hydrogen-bond donors (Lipinski definition) is 0. The van der Waals surface area contributed by atoms with Gasteiger partial charge < -0.3 is 0 Å². The van der Waals surface area contributed by atoms with Crippen molar-refractivity contribution in [3.05, 3.63) is 55.5 Å². The Labute approximate surface area is 145 Å². The van der Waals surface area contributed by atoms with Crippen LogP contribution in [0, 0.1) is 6.92 Å². The maximum absolute atomic E-state index is 12.6. The Morgan fingerprint density at radius 1 is 1.29 bits per heavy atom. The molecule has 1 saturated heterocycles. The smallest absolute Gasteiger partial charge is 0.268 e. The molecule has 0 aliphatic carbocycles. The maximum Gasteiger partial charge on any atom is 0.270 e. The molecule has 1 aromatic heterocycles. The van der Waals surface area contributed by atoms with Crippen LogP contribution in [0.2, 0.25) is 0 Å². The standard InChI is InChI=1S/C15H10BrNOS3/c1-9-5-6-12(20-9)8-13-14(18)17(15(19)21-13)11-4-2-3-10(16)7-11/h2-8H,1H3/b13-8+. The average Bonchev–Trinajstić information content (AvgIpc) is 2.94. The lowest BCUT2D eigenvalue weighted by Crippen LogP contribution is -2.27. The zero-order valence-electron chi connectivity index (χ0n) is 11.0. The van der Waals surface area contributed by atoms with Gasteiger partial charge in [0.1, 0.15) is 0 Å². The number of aryl methyl sites for hydroxylation is 1. The monoisotopic (exact) mass is 395 g/mol. The quantitative estimate of drug-likeness (QED) is 0.513. The second kappa shape index (κ2) is 6.04. The number of hydrogen-bond acceptors (Lipinski definition) is 4. The zero-order chi connectivity index (χ0) is 15.0. The van der Waals surface area contributed by atoms with Gasteiger partial charge in [-0.3, -0.25) is 9.69 Å². The van der Waals surface area contributed by atoms with Crippen LogP contribution >= 0.6 is 51.2 Å². The van der Waals surface area contributed by atoms with E-state index in [0.717, 1.165) is 15.0 Å². The number of thiophene rings is 1. The summed E-state index contributed by atoms with van der Waals surface area (Å²) < 4.78 is 1.49. The van der Waals surface area contributed by atoms with Crippen molar-refractivity contribution in [1.29, 1.82) is 0 Å². The van der Waals surface area contributed by atoms with E-state index < -0.39 is 0 Å². The van der Waals surface area contributed by atoms with Crippen LogP contribution in [-0.4, -0.2) is 10.2 Å². The van der Waals surface area contributed by atoms with Crippen molar-refractivity contribution in [2.75, 3.05) is 4.90 Å². The fourth-order valence-corrected chi connectivity index (χ4v) is 4.54. The number of thiocarbonyl (C=S) groups is 1. The summed E-state index contributed by atoms with van der Waals surface area (Å²) >= 11 is 11.8. The highest BCUT2D eigenvalue weighted by Crippen LogP contribution is 2.37. The molecule has 6 heteroatoms. The van der Waals surface area contributed by atoms with Gasteiger partial charge in [-0.25, -0.2) is 0 Å². The number of carbonyl (C=O) groups is 1. The summed E-state index contributed by atoms with van der Waals surface area (Å²) in [5.41, 5.74) is 0.789. The zero-order valence-corrected chi connectivity index (χ0v) is 15.0. The number of thioether (sulfide) groups is 1. The predicted molar refractivity (Wildman–Crippen MR) is 98.9 cm³/mol. The summed E-state index contributed by atoms with van der Waals surface area (Å²) in [4.78, 5) is 17.1. The average molecular weight is 396 g/mol. The highest BCUT2D eigenvalue weighted by Gasteiger charge is 2.33. The minimum atomic E-state index is -0.0610. The van der Waals surface area contributed by atoms with Gasteiger partial charge in [0.05, 0.1) is 10.6 Å². The number of benzene rings is 1. The van der Waals surface area contributed by atoms with Crippen LogP contribution in [0.25, 0.3) is 6.08 Å². The summed E-state index contributed by atoms with van der Waals surface area (Å²) in [6.45, 7) is 2.05. The predicted octanol–water partition coefficient (Wildman–Crippen LogP) is 5.22. The molecular weight excluding hydrogens is 386 g/mol. The van der Waals surface area contributed by atoms with E-state index in [1.807, 2.05) is 42.5 Å². The maximum atomic E-state index is 12.6. The molecule has 1 aromatic carbocycles. The largest absolute Gasteiger partial charge is 0.270 e. The lowest BCUT2D eigenvalue weighted by Gasteiger charge is -2.14. The fraction of sp³-hybridized carbons (Fsp3) is 0.0667. The second-order valence-electron chi connectivity index (χ2n) is 4.45. The topological polar surface area (TPSA) is 20.3 Å². The van der Waals surface area contributed by atoms with Crippen LogP contribution in [-0.2, 0) is 4.79 Å². The Kier molecular flexibility index (Phi) is 4.31. The van der Waals surface area contributed by atoms with Crippen LogP contribution in [0.5, 0.6) is 0 Å². The van der Waals surface area contributed by atoms with Crippen LogP contribution < -0.4 is 4.90 Å². The summed E-state index contributed by atoms with van der Waals surface area (Å²) in [5.74, 6) is -0.0610. The molecule has 2 heterocycles. The van der Waals surface area contributed by atoms with Crippen molar-refractivity contribution in [2.24, 2.45) is 0 Å². The molecule has 2 nitrogen and oxygen atoms in total. The minimum absolute atomic E-state index is 0.0610. The molecule has 0 spiro atoms. The highest BCUT2D eigenvalue weighted by molar-refractivity contribution is 9.10. The van der Waals surface area contributed by atoms with E-state index in [0.29, 0.717) is 9.23 Å². The van der Waals surface area contributed by atoms with Crippen molar-refractivity contribution < 1.29 is 4.79 Å². The molecular formula is C15H10BrNOS3. The first kappa shape index (κ1) is 15.0. The molecule has 21 heavy (non-hydrogen) atoms. The van der Waals surface area contributed by atoms with Crippen LogP contribution in [0.15, 0.2) is 45.8 Å². The van der Waals surface area contributed by atoms with Crippen molar-refractivity contribution in [3.8, 4) is 0 Å². The first-order valence-corrected chi connectivity index (χ1v) is 8.98. The third-order valence-electron chi connectivity index (χ3n) is 2.89. The van der Waals surface area contributed by atoms with Crippen molar-refractivity contribution >= 4 is 73.2 Å². The van der Waals surface area contributed by atoms with Crippen molar-refractivity contribution in [2.45, 2.75) is 6.92 Å². The minimum Gasteiger partial charge on any atom is -0.268 e. The molecule has 0 N–H and O–H groups in total. The van der Waals surface area contributed by atoms with E-state index in [1.54, 1.807) is 16.2 Å². The lowest BCUT2D eigenvalue weighted by molar-refractivity contribution is -0.113. The number of nitrogens with zero attached hydrogens (tertiary/aromatic N) is 1. The molecule has 0 atom stereocenters. The van der Waals surface area contributed by atoms with Crippen molar-refractivity contribution in [3.63, 3.8) is 0 Å². The Bertz CT molecular complexity index is 766. The number of anilines is 1. The molecule has 1 fully saturated rings. The molecule has 1 aliphatic rings. The molecule has 1 amide bonds. The van der Waals surface area contributed by atoms with Gasteiger partial charge in [-0.1, -0.05) is 46.0 Å². The van der Waals surface area contributed by atoms with E-state index >= 15 is 0 Å². The molecule has 0 saturated carbocycles. The van der Waals surface area contributed by atoms with E-state index in [-0.39, 0.29) is 5.91 Å². The molecule has 0 bridgehead atoms. The Hall–Kier alpha value is -0.950. The van der Waals surface area contributed by atoms with E-state index in [4.69, 9.17) is 12.2 Å². The number of halogens is 1. The number of rotatable bonds is 2. The number of carbonyl (C=O) groups excluding carboxylic acids is 1. The van der Waals surface area contributed by atoms with E-state index in [1.165, 1.54) is 16.6 Å². The Balaban J connectivity index is 1.94. The van der Waals surface area contributed by atoms with Crippen molar-refractivity contribution in [1.82, 2.24) is 0 Å². The van der Waals surface area contributed by atoms with Gasteiger partial charge in [0, 0.05) is 14.2 Å². The third-order valence-corrected chi connectivity index (χ3v) is 5.64. The first-order chi connectivity index (χ1) is 10.0. The molecule has 0 unspecified atom stereocenters. The Morgan fingerprint density at radius 3 is 2.76 bits per heavy atom. The van der Waals surface area contributed by atoms with Crippen LogP contribution in [0.3, 0.4) is 0 Å². The second-order valence-corrected chi connectivity index (χ2v) is 8.36. The summed E-state index contributed by atoms with van der Waals surface area (Å²) in [5, 5.41) is 0. The normalized spacial score (nSPS) is 17.0. The summed E-state index contributed by atoms with van der Waals surface area (Å²) in [7, 11) is 0. The lowest BCUT2D eigenvalue weighted by atomic mass is 10.3. The molecule has 106 valence electrons. The Morgan fingerprint density at radius 2 is 2.10 bits per heavy atom. The van der Waals surface area contributed by atoms with Gasteiger partial charge in [0.15, 0.2) is 4.32 Å². The van der Waals surface area contributed by atoms with Gasteiger partial charge in [0.25, 0.3) is 5.91 Å². The van der Waals surface area contributed by atoms with Gasteiger partial charge in [-0.15, -0.1) is 11.3 Å². The molecule has 3 rings (SSSR count). The van der Waals surface area contributed by atoms with Gasteiger partial charge in [-0.2, -0.15) is 0 Å². The summed E-state index contributed by atoms with van der Waals surface area (Å²) in [6, 6.07) is 11.7. The van der Waals surface area contributed by atoms with Crippen LogP contribution in [0.4, 0.5) is 5.69 Å². The first-order valence-electron chi connectivity index (χ1n) is 6.14. The van der Waals surface area contributed by atoms with Gasteiger partial charge in [0.2, 0.25) is 0 Å². The van der Waals surface area contributed by atoms with Gasteiger partial charge in [-0.05, 0) is 43.3 Å². The van der Waals surface area contributed by atoms with E-state index in [9.17, 15) is 4.79 Å². The van der Waals surface area contributed by atoms with Gasteiger partial charge >= 0.3 is 0 Å². The van der Waals surface area contributed by atoms with Crippen LogP contribution in [0.1, 0.15) is 9.75 Å². The molecule has 0 radical (unpaired) electrons. The molecule has 2 aromatic rings. The molecule has 1 aliphatic heterocycles. The third kappa shape index (κ3) is 3.13. The SMILES string of the molecule is Cc1ccc(/C=C2/SC(=S)N(c3cccc(Br)c3)C2=O)s1.